The monoisotopic (exact) mass is 312 g/mol. The van der Waals surface area contributed by atoms with Gasteiger partial charge in [0.05, 0.1) is 6.61 Å². The second-order valence-electron chi connectivity index (χ2n) is 5.97. The quantitative estimate of drug-likeness (QED) is 0.882. The third kappa shape index (κ3) is 3.03. The Morgan fingerprint density at radius 1 is 1.22 bits per heavy atom. The van der Waals surface area contributed by atoms with E-state index in [1.54, 1.807) is 12.1 Å². The summed E-state index contributed by atoms with van der Waals surface area (Å²) in [5.74, 6) is 0.111. The molecule has 3 N–H and O–H groups in total. The van der Waals surface area contributed by atoms with Crippen molar-refractivity contribution in [1.29, 1.82) is 0 Å². The average Bonchev–Trinajstić information content (AvgIpc) is 2.62. The summed E-state index contributed by atoms with van der Waals surface area (Å²) in [5.41, 5.74) is 6.18. The maximum absolute atomic E-state index is 11.1. The highest BCUT2D eigenvalue weighted by atomic mass is 16.3. The van der Waals surface area contributed by atoms with Crippen LogP contribution in [0.5, 0.6) is 0 Å². The van der Waals surface area contributed by atoms with Crippen molar-refractivity contribution in [2.45, 2.75) is 18.3 Å². The highest BCUT2D eigenvalue weighted by molar-refractivity contribution is 5.90. The first-order chi connectivity index (χ1) is 11.1. The van der Waals surface area contributed by atoms with Crippen molar-refractivity contribution in [1.82, 2.24) is 10.2 Å². The van der Waals surface area contributed by atoms with Crippen LogP contribution in [0.25, 0.3) is 0 Å². The second kappa shape index (κ2) is 6.34. The average molecular weight is 312 g/mol. The first-order valence-corrected chi connectivity index (χ1v) is 7.69. The Hall–Kier alpha value is -2.47. The number of piperidine rings is 1. The van der Waals surface area contributed by atoms with Gasteiger partial charge in [-0.3, -0.25) is 4.79 Å². The summed E-state index contributed by atoms with van der Waals surface area (Å²) in [6.45, 7) is 1.59. The number of aliphatic hydroxyl groups is 1. The van der Waals surface area contributed by atoms with Gasteiger partial charge in [0.15, 0.2) is 11.5 Å². The molecule has 1 saturated heterocycles. The first kappa shape index (κ1) is 15.4. The SMILES string of the molecule is NC(=O)c1ccc(N2CCCC(CO)(c3ccccc3)C2)nn1. The zero-order valence-corrected chi connectivity index (χ0v) is 12.9. The van der Waals surface area contributed by atoms with Gasteiger partial charge in [0.1, 0.15) is 0 Å². The number of nitrogens with two attached hydrogens (primary N) is 1. The molecule has 1 aromatic carbocycles. The van der Waals surface area contributed by atoms with Gasteiger partial charge in [-0.2, -0.15) is 0 Å². The van der Waals surface area contributed by atoms with Crippen molar-refractivity contribution < 1.29 is 9.90 Å². The Bertz CT molecular complexity index is 675. The highest BCUT2D eigenvalue weighted by Crippen LogP contribution is 2.35. The topological polar surface area (TPSA) is 92.3 Å². The van der Waals surface area contributed by atoms with Gasteiger partial charge >= 0.3 is 0 Å². The predicted octanol–water partition coefficient (Wildman–Crippen LogP) is 1.11. The lowest BCUT2D eigenvalue weighted by molar-refractivity contribution is 0.0994. The number of aromatic nitrogens is 2. The molecule has 1 aliphatic rings. The van der Waals surface area contributed by atoms with Gasteiger partial charge in [0, 0.05) is 18.5 Å². The molecule has 1 aromatic heterocycles. The van der Waals surface area contributed by atoms with Gasteiger partial charge in [0.25, 0.3) is 5.91 Å². The van der Waals surface area contributed by atoms with Crippen molar-refractivity contribution in [2.24, 2.45) is 5.73 Å². The molecule has 2 aromatic rings. The summed E-state index contributed by atoms with van der Waals surface area (Å²) in [6.07, 6.45) is 1.88. The van der Waals surface area contributed by atoms with Gasteiger partial charge in [-0.25, -0.2) is 0 Å². The van der Waals surface area contributed by atoms with Crippen molar-refractivity contribution in [2.75, 3.05) is 24.6 Å². The van der Waals surface area contributed by atoms with Gasteiger partial charge in [-0.1, -0.05) is 30.3 Å². The molecule has 1 fully saturated rings. The molecule has 0 radical (unpaired) electrons. The molecule has 120 valence electrons. The van der Waals surface area contributed by atoms with Crippen molar-refractivity contribution in [3.63, 3.8) is 0 Å². The van der Waals surface area contributed by atoms with Crippen LogP contribution >= 0.6 is 0 Å². The molecular weight excluding hydrogens is 292 g/mol. The highest BCUT2D eigenvalue weighted by Gasteiger charge is 2.37. The van der Waals surface area contributed by atoms with Crippen LogP contribution in [0.3, 0.4) is 0 Å². The fraction of sp³-hybridized carbons (Fsp3) is 0.353. The Morgan fingerprint density at radius 3 is 2.61 bits per heavy atom. The van der Waals surface area contributed by atoms with E-state index in [9.17, 15) is 9.90 Å². The number of anilines is 1. The number of amides is 1. The van der Waals surface area contributed by atoms with Gasteiger partial charge in [-0.15, -0.1) is 10.2 Å². The molecule has 6 heteroatoms. The zero-order chi connectivity index (χ0) is 16.3. The fourth-order valence-corrected chi connectivity index (χ4v) is 3.20. The number of primary amides is 1. The summed E-state index contributed by atoms with van der Waals surface area (Å²) in [4.78, 5) is 13.2. The zero-order valence-electron chi connectivity index (χ0n) is 12.9. The molecule has 1 aliphatic heterocycles. The van der Waals surface area contributed by atoms with Crippen LogP contribution < -0.4 is 10.6 Å². The molecule has 2 heterocycles. The number of rotatable bonds is 4. The Balaban J connectivity index is 1.86. The molecule has 3 rings (SSSR count). The lowest BCUT2D eigenvalue weighted by Gasteiger charge is -2.42. The maximum Gasteiger partial charge on any atom is 0.269 e. The van der Waals surface area contributed by atoms with E-state index in [0.29, 0.717) is 12.4 Å². The number of hydrogen-bond acceptors (Lipinski definition) is 5. The number of hydrogen-bond donors (Lipinski definition) is 2. The smallest absolute Gasteiger partial charge is 0.269 e. The third-order valence-electron chi connectivity index (χ3n) is 4.49. The van der Waals surface area contributed by atoms with E-state index in [1.165, 1.54) is 0 Å². The number of benzene rings is 1. The fourth-order valence-electron chi connectivity index (χ4n) is 3.20. The van der Waals surface area contributed by atoms with Crippen LogP contribution in [0.1, 0.15) is 28.9 Å². The van der Waals surface area contributed by atoms with E-state index in [4.69, 9.17) is 5.73 Å². The number of nitrogens with zero attached hydrogens (tertiary/aromatic N) is 3. The molecule has 6 nitrogen and oxygen atoms in total. The third-order valence-corrected chi connectivity index (χ3v) is 4.49. The minimum absolute atomic E-state index is 0.0836. The van der Waals surface area contributed by atoms with E-state index < -0.39 is 5.91 Å². The molecule has 0 bridgehead atoms. The summed E-state index contributed by atoms with van der Waals surface area (Å²) in [7, 11) is 0. The lowest BCUT2D eigenvalue weighted by Crippen LogP contribution is -2.48. The number of carbonyl (C=O) groups excluding carboxylic acids is 1. The van der Waals surface area contributed by atoms with E-state index in [-0.39, 0.29) is 17.7 Å². The normalized spacial score (nSPS) is 21.2. The molecule has 1 atom stereocenters. The van der Waals surface area contributed by atoms with Crippen LogP contribution in [-0.2, 0) is 5.41 Å². The minimum Gasteiger partial charge on any atom is -0.395 e. The summed E-state index contributed by atoms with van der Waals surface area (Å²) < 4.78 is 0. The summed E-state index contributed by atoms with van der Waals surface area (Å²) in [5, 5.41) is 18.0. The maximum atomic E-state index is 11.1. The van der Waals surface area contributed by atoms with Crippen LogP contribution in [-0.4, -0.2) is 40.9 Å². The molecule has 1 unspecified atom stereocenters. The Labute approximate surface area is 135 Å². The van der Waals surface area contributed by atoms with Crippen molar-refractivity contribution in [3.05, 3.63) is 53.7 Å². The van der Waals surface area contributed by atoms with E-state index in [2.05, 4.69) is 27.2 Å². The molecular formula is C17H20N4O2. The van der Waals surface area contributed by atoms with Crippen LogP contribution in [0.4, 0.5) is 5.82 Å². The molecule has 0 spiro atoms. The number of carbonyl (C=O) groups is 1. The molecule has 0 saturated carbocycles. The predicted molar refractivity (Wildman–Crippen MR) is 87.2 cm³/mol. The van der Waals surface area contributed by atoms with Crippen molar-refractivity contribution >= 4 is 11.7 Å². The van der Waals surface area contributed by atoms with Gasteiger partial charge in [0.2, 0.25) is 0 Å². The molecule has 0 aliphatic carbocycles. The van der Waals surface area contributed by atoms with Gasteiger partial charge in [-0.05, 0) is 30.5 Å². The number of aliphatic hydroxyl groups excluding tert-OH is 1. The van der Waals surface area contributed by atoms with Crippen LogP contribution in [0.15, 0.2) is 42.5 Å². The first-order valence-electron chi connectivity index (χ1n) is 7.69. The van der Waals surface area contributed by atoms with E-state index >= 15 is 0 Å². The molecule has 23 heavy (non-hydrogen) atoms. The lowest BCUT2D eigenvalue weighted by atomic mass is 9.75. The van der Waals surface area contributed by atoms with Gasteiger partial charge < -0.3 is 15.7 Å². The second-order valence-corrected chi connectivity index (χ2v) is 5.97. The summed E-state index contributed by atoms with van der Waals surface area (Å²) in [6, 6.07) is 13.4. The summed E-state index contributed by atoms with van der Waals surface area (Å²) >= 11 is 0. The Morgan fingerprint density at radius 2 is 2.00 bits per heavy atom. The molecule has 1 amide bonds. The largest absolute Gasteiger partial charge is 0.395 e. The Kier molecular flexibility index (Phi) is 4.25. The van der Waals surface area contributed by atoms with Crippen LogP contribution in [0.2, 0.25) is 0 Å². The standard InChI is InChI=1S/C17H20N4O2/c18-16(23)14-7-8-15(20-19-14)21-10-4-9-17(11-21,12-22)13-5-2-1-3-6-13/h1-3,5-8,22H,4,9-12H2,(H2,18,23). The van der Waals surface area contributed by atoms with E-state index in [1.807, 2.05) is 18.2 Å². The van der Waals surface area contributed by atoms with E-state index in [0.717, 1.165) is 24.9 Å². The minimum atomic E-state index is -0.586. The van der Waals surface area contributed by atoms with Crippen LogP contribution in [0, 0.1) is 0 Å². The van der Waals surface area contributed by atoms with Crippen molar-refractivity contribution in [3.8, 4) is 0 Å².